The maximum Gasteiger partial charge on any atom is 0.124 e. The molecule has 20 heavy (non-hydrogen) atoms. The average Bonchev–Trinajstić information content (AvgIpc) is 2.78. The lowest BCUT2D eigenvalue weighted by Gasteiger charge is -2.17. The number of hydrogen-bond donors (Lipinski definition) is 1. The molecule has 2 nitrogen and oxygen atoms in total. The molecule has 2 rings (SSSR count). The number of hydrogen-bond acceptors (Lipinski definition) is 3. The van der Waals surface area contributed by atoms with Crippen molar-refractivity contribution >= 4 is 27.3 Å². The lowest BCUT2D eigenvalue weighted by Crippen LogP contribution is -2.22. The second kappa shape index (κ2) is 6.78. The first-order valence-electron chi connectivity index (χ1n) is 6.71. The summed E-state index contributed by atoms with van der Waals surface area (Å²) in [6.07, 6.45) is 0.936. The third kappa shape index (κ3) is 3.27. The van der Waals surface area contributed by atoms with Crippen LogP contribution in [0.15, 0.2) is 22.7 Å². The van der Waals surface area contributed by atoms with Crippen LogP contribution in [0.4, 0.5) is 4.39 Å². The molecular formula is C15H18BrFN2S. The van der Waals surface area contributed by atoms with E-state index in [2.05, 4.69) is 42.0 Å². The van der Waals surface area contributed by atoms with Gasteiger partial charge in [-0.3, -0.25) is 0 Å². The molecule has 0 aliphatic rings. The van der Waals surface area contributed by atoms with Crippen LogP contribution in [0.5, 0.6) is 0 Å². The van der Waals surface area contributed by atoms with Crippen LogP contribution < -0.4 is 5.32 Å². The number of aromatic nitrogens is 1. The minimum absolute atomic E-state index is 0.000949. The number of rotatable bonds is 5. The van der Waals surface area contributed by atoms with E-state index in [1.54, 1.807) is 11.3 Å². The molecule has 0 fully saturated rings. The summed E-state index contributed by atoms with van der Waals surface area (Å²) in [6, 6.07) is 4.81. The molecule has 1 unspecified atom stereocenters. The van der Waals surface area contributed by atoms with Crippen LogP contribution in [0, 0.1) is 12.7 Å². The first-order valence-corrected chi connectivity index (χ1v) is 8.32. The fourth-order valence-corrected chi connectivity index (χ4v) is 3.86. The van der Waals surface area contributed by atoms with Crippen molar-refractivity contribution in [3.05, 3.63) is 49.6 Å². The van der Waals surface area contributed by atoms with E-state index in [4.69, 9.17) is 4.98 Å². The first kappa shape index (κ1) is 15.6. The van der Waals surface area contributed by atoms with Crippen molar-refractivity contribution in [1.82, 2.24) is 10.3 Å². The molecule has 1 atom stereocenters. The summed E-state index contributed by atoms with van der Waals surface area (Å²) in [4.78, 5) is 5.98. The van der Waals surface area contributed by atoms with Gasteiger partial charge in [0.1, 0.15) is 10.8 Å². The summed E-state index contributed by atoms with van der Waals surface area (Å²) >= 11 is 5.16. The highest BCUT2D eigenvalue weighted by atomic mass is 79.9. The molecule has 1 aromatic carbocycles. The Morgan fingerprint density at radius 3 is 2.70 bits per heavy atom. The van der Waals surface area contributed by atoms with Crippen molar-refractivity contribution in [3.8, 4) is 0 Å². The van der Waals surface area contributed by atoms with Crippen LogP contribution in [-0.2, 0) is 6.42 Å². The summed E-state index contributed by atoms with van der Waals surface area (Å²) < 4.78 is 14.0. The quantitative estimate of drug-likeness (QED) is 0.845. The second-order valence-electron chi connectivity index (χ2n) is 4.57. The van der Waals surface area contributed by atoms with Crippen molar-refractivity contribution in [2.24, 2.45) is 0 Å². The summed E-state index contributed by atoms with van der Waals surface area (Å²) in [5.74, 6) is -0.236. The lowest BCUT2D eigenvalue weighted by atomic mass is 10.1. The van der Waals surface area contributed by atoms with Gasteiger partial charge in [-0.1, -0.05) is 35.8 Å². The van der Waals surface area contributed by atoms with Gasteiger partial charge in [-0.2, -0.15) is 0 Å². The molecule has 0 saturated heterocycles. The smallest absolute Gasteiger partial charge is 0.124 e. The fourth-order valence-electron chi connectivity index (χ4n) is 2.17. The van der Waals surface area contributed by atoms with E-state index < -0.39 is 0 Å². The molecule has 1 aromatic heterocycles. The molecule has 0 aliphatic carbocycles. The molecule has 1 heterocycles. The van der Waals surface area contributed by atoms with Gasteiger partial charge in [0.15, 0.2) is 0 Å². The third-order valence-electron chi connectivity index (χ3n) is 3.17. The van der Waals surface area contributed by atoms with E-state index in [-0.39, 0.29) is 11.9 Å². The highest BCUT2D eigenvalue weighted by Gasteiger charge is 2.20. The lowest BCUT2D eigenvalue weighted by molar-refractivity contribution is 0.608. The minimum Gasteiger partial charge on any atom is -0.305 e. The van der Waals surface area contributed by atoms with Gasteiger partial charge < -0.3 is 5.32 Å². The Balaban J connectivity index is 2.44. The SMILES string of the molecule is CCNC(c1nc(CC)c(C)s1)c1ccc(F)cc1Br. The molecule has 0 amide bonds. The molecule has 0 bridgehead atoms. The molecule has 1 N–H and O–H groups in total. The maximum atomic E-state index is 13.3. The van der Waals surface area contributed by atoms with E-state index in [1.807, 2.05) is 6.07 Å². The van der Waals surface area contributed by atoms with E-state index in [1.165, 1.54) is 17.0 Å². The second-order valence-corrected chi connectivity index (χ2v) is 6.65. The Hall–Kier alpha value is -0.780. The van der Waals surface area contributed by atoms with E-state index in [0.29, 0.717) is 0 Å². The zero-order valence-electron chi connectivity index (χ0n) is 11.8. The Bertz CT molecular complexity index is 598. The number of halogens is 2. The van der Waals surface area contributed by atoms with Crippen molar-refractivity contribution in [2.75, 3.05) is 6.54 Å². The van der Waals surface area contributed by atoms with E-state index in [9.17, 15) is 4.39 Å². The van der Waals surface area contributed by atoms with Gasteiger partial charge in [-0.05, 0) is 37.6 Å². The molecule has 0 radical (unpaired) electrons. The van der Waals surface area contributed by atoms with Crippen LogP contribution in [0.25, 0.3) is 0 Å². The zero-order chi connectivity index (χ0) is 14.7. The molecule has 108 valence electrons. The Labute approximate surface area is 131 Å². The summed E-state index contributed by atoms with van der Waals surface area (Å²) in [6.45, 7) is 7.10. The van der Waals surface area contributed by atoms with E-state index >= 15 is 0 Å². The molecule has 2 aromatic rings. The predicted molar refractivity (Wildman–Crippen MR) is 85.8 cm³/mol. The number of aryl methyl sites for hydroxylation is 2. The Morgan fingerprint density at radius 2 is 2.15 bits per heavy atom. The maximum absolute atomic E-state index is 13.3. The van der Waals surface area contributed by atoms with Gasteiger partial charge in [-0.25, -0.2) is 9.37 Å². The van der Waals surface area contributed by atoms with Gasteiger partial charge in [0.2, 0.25) is 0 Å². The average molecular weight is 357 g/mol. The third-order valence-corrected chi connectivity index (χ3v) is 4.94. The summed E-state index contributed by atoms with van der Waals surface area (Å²) in [5, 5.41) is 4.47. The first-order chi connectivity index (χ1) is 9.56. The highest BCUT2D eigenvalue weighted by Crippen LogP contribution is 2.32. The summed E-state index contributed by atoms with van der Waals surface area (Å²) in [7, 11) is 0. The van der Waals surface area contributed by atoms with E-state index in [0.717, 1.165) is 33.7 Å². The topological polar surface area (TPSA) is 24.9 Å². The fraction of sp³-hybridized carbons (Fsp3) is 0.400. The van der Waals surface area contributed by atoms with Crippen molar-refractivity contribution in [1.29, 1.82) is 0 Å². The van der Waals surface area contributed by atoms with Crippen LogP contribution in [0.1, 0.15) is 41.0 Å². The molecule has 0 aliphatic heterocycles. The number of nitrogens with zero attached hydrogens (tertiary/aromatic N) is 1. The minimum atomic E-state index is -0.236. The normalized spacial score (nSPS) is 12.7. The van der Waals surface area contributed by atoms with Crippen LogP contribution in [0.3, 0.4) is 0 Å². The van der Waals surface area contributed by atoms with Crippen molar-refractivity contribution < 1.29 is 4.39 Å². The Morgan fingerprint density at radius 1 is 1.40 bits per heavy atom. The largest absolute Gasteiger partial charge is 0.305 e. The van der Waals surface area contributed by atoms with Gasteiger partial charge in [0, 0.05) is 9.35 Å². The standard InChI is InChI=1S/C15H18BrFN2S/c1-4-13-9(3)20-15(19-13)14(18-5-2)11-7-6-10(17)8-12(11)16/h6-8,14,18H,4-5H2,1-3H3. The molecule has 5 heteroatoms. The number of benzene rings is 1. The van der Waals surface area contributed by atoms with Gasteiger partial charge in [0.05, 0.1) is 11.7 Å². The number of nitrogens with one attached hydrogen (secondary N) is 1. The zero-order valence-corrected chi connectivity index (χ0v) is 14.2. The highest BCUT2D eigenvalue weighted by molar-refractivity contribution is 9.10. The molecule has 0 saturated carbocycles. The monoisotopic (exact) mass is 356 g/mol. The van der Waals surface area contributed by atoms with Crippen LogP contribution >= 0.6 is 27.3 Å². The van der Waals surface area contributed by atoms with Gasteiger partial charge >= 0.3 is 0 Å². The van der Waals surface area contributed by atoms with Crippen LogP contribution in [0.2, 0.25) is 0 Å². The summed E-state index contributed by atoms with van der Waals surface area (Å²) in [5.41, 5.74) is 2.16. The van der Waals surface area contributed by atoms with Crippen molar-refractivity contribution in [2.45, 2.75) is 33.2 Å². The predicted octanol–water partition coefficient (Wildman–Crippen LogP) is 4.61. The number of thiazole rings is 1. The Kier molecular flexibility index (Phi) is 5.29. The van der Waals surface area contributed by atoms with Crippen molar-refractivity contribution in [3.63, 3.8) is 0 Å². The van der Waals surface area contributed by atoms with Crippen LogP contribution in [-0.4, -0.2) is 11.5 Å². The molecule has 0 spiro atoms. The van der Waals surface area contributed by atoms with Gasteiger partial charge in [-0.15, -0.1) is 11.3 Å². The van der Waals surface area contributed by atoms with Gasteiger partial charge in [0.25, 0.3) is 0 Å². The molecular weight excluding hydrogens is 339 g/mol.